The quantitative estimate of drug-likeness (QED) is 0.840. The second-order valence-electron chi connectivity index (χ2n) is 4.90. The van der Waals surface area contributed by atoms with Crippen molar-refractivity contribution < 1.29 is 4.79 Å². The summed E-state index contributed by atoms with van der Waals surface area (Å²) in [7, 11) is 0. The summed E-state index contributed by atoms with van der Waals surface area (Å²) in [5.74, 6) is 0.614. The van der Waals surface area contributed by atoms with Crippen molar-refractivity contribution in [2.24, 2.45) is 11.7 Å². The highest BCUT2D eigenvalue weighted by molar-refractivity contribution is 5.92. The highest BCUT2D eigenvalue weighted by atomic mass is 16.2. The first-order valence-corrected chi connectivity index (χ1v) is 6.07. The first-order chi connectivity index (χ1) is 8.11. The van der Waals surface area contributed by atoms with E-state index in [1.54, 1.807) is 12.3 Å². The van der Waals surface area contributed by atoms with Crippen molar-refractivity contribution in [2.75, 3.05) is 6.54 Å². The summed E-state index contributed by atoms with van der Waals surface area (Å²) in [5.41, 5.74) is 6.97. The number of rotatable bonds is 2. The molecule has 2 atom stereocenters. The molecule has 2 unspecified atom stereocenters. The lowest BCUT2D eigenvalue weighted by atomic mass is 10.1. The fourth-order valence-corrected chi connectivity index (χ4v) is 2.40. The maximum Gasteiger partial charge on any atom is 0.272 e. The van der Waals surface area contributed by atoms with Gasteiger partial charge in [0, 0.05) is 25.3 Å². The number of carbonyl (C=O) groups is 1. The number of amides is 1. The lowest BCUT2D eigenvalue weighted by molar-refractivity contribution is 0.0738. The highest BCUT2D eigenvalue weighted by Crippen LogP contribution is 2.23. The van der Waals surface area contributed by atoms with Gasteiger partial charge in [-0.2, -0.15) is 0 Å². The highest BCUT2D eigenvalue weighted by Gasteiger charge is 2.30. The van der Waals surface area contributed by atoms with Crippen molar-refractivity contribution in [1.82, 2.24) is 9.88 Å². The van der Waals surface area contributed by atoms with E-state index < -0.39 is 0 Å². The van der Waals surface area contributed by atoms with E-state index >= 15 is 0 Å². The molecule has 1 amide bonds. The van der Waals surface area contributed by atoms with Crippen LogP contribution in [0, 0.1) is 5.92 Å². The van der Waals surface area contributed by atoms with Crippen molar-refractivity contribution in [3.63, 3.8) is 0 Å². The first kappa shape index (κ1) is 12.0. The molecule has 0 saturated carbocycles. The molecule has 1 aromatic rings. The van der Waals surface area contributed by atoms with Crippen LogP contribution in [0.1, 0.15) is 36.3 Å². The minimum Gasteiger partial charge on any atom is -0.334 e. The number of hydrogen-bond acceptors (Lipinski definition) is 3. The standard InChI is InChI=1S/C13H19N3O/c1-9-5-10(2)16(8-9)13(17)12-4-3-11(6-14)7-15-12/h3-4,7,9-10H,5-6,8,14H2,1-2H3. The van der Waals surface area contributed by atoms with Gasteiger partial charge in [-0.3, -0.25) is 9.78 Å². The van der Waals surface area contributed by atoms with Crippen LogP contribution in [0.15, 0.2) is 18.3 Å². The van der Waals surface area contributed by atoms with E-state index in [2.05, 4.69) is 18.8 Å². The fraction of sp³-hybridized carbons (Fsp3) is 0.538. The van der Waals surface area contributed by atoms with Gasteiger partial charge in [-0.1, -0.05) is 13.0 Å². The van der Waals surface area contributed by atoms with E-state index in [9.17, 15) is 4.79 Å². The zero-order chi connectivity index (χ0) is 12.4. The minimum absolute atomic E-state index is 0.0328. The summed E-state index contributed by atoms with van der Waals surface area (Å²) in [5, 5.41) is 0. The molecule has 92 valence electrons. The van der Waals surface area contributed by atoms with Gasteiger partial charge in [-0.25, -0.2) is 0 Å². The van der Waals surface area contributed by atoms with Gasteiger partial charge >= 0.3 is 0 Å². The van der Waals surface area contributed by atoms with Crippen molar-refractivity contribution in [1.29, 1.82) is 0 Å². The van der Waals surface area contributed by atoms with Gasteiger partial charge < -0.3 is 10.6 Å². The summed E-state index contributed by atoms with van der Waals surface area (Å²) >= 11 is 0. The molecular weight excluding hydrogens is 214 g/mol. The number of nitrogens with two attached hydrogens (primary N) is 1. The number of pyridine rings is 1. The average molecular weight is 233 g/mol. The van der Waals surface area contributed by atoms with Crippen LogP contribution in [0.2, 0.25) is 0 Å². The molecule has 2 N–H and O–H groups in total. The monoisotopic (exact) mass is 233 g/mol. The van der Waals surface area contributed by atoms with Gasteiger partial charge in [0.15, 0.2) is 0 Å². The Bertz CT molecular complexity index is 402. The van der Waals surface area contributed by atoms with E-state index in [1.165, 1.54) is 0 Å². The third kappa shape index (κ3) is 2.47. The molecule has 2 heterocycles. The Morgan fingerprint density at radius 3 is 2.76 bits per heavy atom. The SMILES string of the molecule is CC1CC(C)N(C(=O)c2ccc(CN)cn2)C1. The van der Waals surface area contributed by atoms with E-state index in [0.717, 1.165) is 18.5 Å². The minimum atomic E-state index is 0.0328. The van der Waals surface area contributed by atoms with E-state index in [0.29, 0.717) is 24.2 Å². The third-order valence-electron chi connectivity index (χ3n) is 3.32. The van der Waals surface area contributed by atoms with E-state index in [1.807, 2.05) is 11.0 Å². The molecule has 1 aromatic heterocycles. The summed E-state index contributed by atoms with van der Waals surface area (Å²) in [6.07, 6.45) is 2.75. The van der Waals surface area contributed by atoms with Crippen LogP contribution in [0.25, 0.3) is 0 Å². The molecule has 17 heavy (non-hydrogen) atoms. The van der Waals surface area contributed by atoms with Gasteiger partial charge in [0.25, 0.3) is 5.91 Å². The Kier molecular flexibility index (Phi) is 3.43. The molecule has 0 aliphatic carbocycles. The Hall–Kier alpha value is -1.42. The Morgan fingerprint density at radius 1 is 1.53 bits per heavy atom. The fourth-order valence-electron chi connectivity index (χ4n) is 2.40. The third-order valence-corrected chi connectivity index (χ3v) is 3.32. The molecule has 2 rings (SSSR count). The molecule has 0 bridgehead atoms. The van der Waals surface area contributed by atoms with Gasteiger partial charge in [0.2, 0.25) is 0 Å². The Balaban J connectivity index is 2.13. The second-order valence-corrected chi connectivity index (χ2v) is 4.90. The van der Waals surface area contributed by atoms with Crippen LogP contribution in [-0.4, -0.2) is 28.4 Å². The molecule has 1 saturated heterocycles. The maximum atomic E-state index is 12.2. The largest absolute Gasteiger partial charge is 0.334 e. The van der Waals surface area contributed by atoms with Crippen molar-refractivity contribution in [3.05, 3.63) is 29.6 Å². The Labute approximate surface area is 102 Å². The first-order valence-electron chi connectivity index (χ1n) is 6.07. The molecule has 4 nitrogen and oxygen atoms in total. The summed E-state index contributed by atoms with van der Waals surface area (Å²) in [4.78, 5) is 18.3. The second kappa shape index (κ2) is 4.84. The normalized spacial score (nSPS) is 24.1. The van der Waals surface area contributed by atoms with Crippen LogP contribution in [-0.2, 0) is 6.54 Å². The molecule has 1 aliphatic heterocycles. The zero-order valence-electron chi connectivity index (χ0n) is 10.4. The summed E-state index contributed by atoms with van der Waals surface area (Å²) < 4.78 is 0. The lowest BCUT2D eigenvalue weighted by Gasteiger charge is -2.20. The molecule has 1 aliphatic rings. The topological polar surface area (TPSA) is 59.2 Å². The van der Waals surface area contributed by atoms with Crippen LogP contribution in [0.3, 0.4) is 0 Å². The van der Waals surface area contributed by atoms with Crippen molar-refractivity contribution in [3.8, 4) is 0 Å². The smallest absolute Gasteiger partial charge is 0.272 e. The van der Waals surface area contributed by atoms with E-state index in [-0.39, 0.29) is 5.91 Å². The number of carbonyl (C=O) groups excluding carboxylic acids is 1. The van der Waals surface area contributed by atoms with Gasteiger partial charge in [-0.15, -0.1) is 0 Å². The Morgan fingerprint density at radius 2 is 2.29 bits per heavy atom. The molecule has 4 heteroatoms. The summed E-state index contributed by atoms with van der Waals surface area (Å²) in [6.45, 7) is 5.56. The zero-order valence-corrected chi connectivity index (χ0v) is 10.4. The van der Waals surface area contributed by atoms with Gasteiger partial charge in [-0.05, 0) is 30.9 Å². The van der Waals surface area contributed by atoms with Crippen LogP contribution < -0.4 is 5.73 Å². The molecule has 1 fully saturated rings. The van der Waals surface area contributed by atoms with Crippen molar-refractivity contribution in [2.45, 2.75) is 32.9 Å². The average Bonchev–Trinajstić information content (AvgIpc) is 2.68. The number of nitrogens with zero attached hydrogens (tertiary/aromatic N) is 2. The predicted molar refractivity (Wildman–Crippen MR) is 66.4 cm³/mol. The lowest BCUT2D eigenvalue weighted by Crippen LogP contribution is -2.34. The number of aromatic nitrogens is 1. The van der Waals surface area contributed by atoms with Crippen molar-refractivity contribution >= 4 is 5.91 Å². The predicted octanol–water partition coefficient (Wildman–Crippen LogP) is 1.41. The maximum absolute atomic E-state index is 12.2. The molecule has 0 aromatic carbocycles. The number of hydrogen-bond donors (Lipinski definition) is 1. The van der Waals surface area contributed by atoms with Gasteiger partial charge in [0.1, 0.15) is 5.69 Å². The van der Waals surface area contributed by atoms with Gasteiger partial charge in [0.05, 0.1) is 0 Å². The molecule has 0 radical (unpaired) electrons. The molecular formula is C13H19N3O. The summed E-state index contributed by atoms with van der Waals surface area (Å²) in [6, 6.07) is 3.94. The number of likely N-dealkylation sites (tertiary alicyclic amines) is 1. The van der Waals surface area contributed by atoms with Crippen LogP contribution in [0.4, 0.5) is 0 Å². The molecule has 0 spiro atoms. The van der Waals surface area contributed by atoms with E-state index in [4.69, 9.17) is 5.73 Å². The van der Waals surface area contributed by atoms with Crippen LogP contribution in [0.5, 0.6) is 0 Å². The van der Waals surface area contributed by atoms with Crippen LogP contribution >= 0.6 is 0 Å².